The highest BCUT2D eigenvalue weighted by Crippen LogP contribution is 2.20. The molecule has 1 amide bonds. The lowest BCUT2D eigenvalue weighted by Gasteiger charge is -2.05. The van der Waals surface area contributed by atoms with Crippen LogP contribution in [0.25, 0.3) is 10.2 Å². The molecule has 0 N–H and O–H groups in total. The second-order valence-corrected chi connectivity index (χ2v) is 7.28. The molecule has 0 spiro atoms. The summed E-state index contributed by atoms with van der Waals surface area (Å²) in [4.78, 5) is 29.7. The Morgan fingerprint density at radius 2 is 2.08 bits per heavy atom. The second kappa shape index (κ2) is 7.76. The Kier molecular flexibility index (Phi) is 5.45. The van der Waals surface area contributed by atoms with Gasteiger partial charge in [-0.15, -0.1) is 11.3 Å². The maximum atomic E-state index is 12.4. The number of thiophene rings is 1. The van der Waals surface area contributed by atoms with Crippen LogP contribution in [-0.4, -0.2) is 23.1 Å². The van der Waals surface area contributed by atoms with Gasteiger partial charge >= 0.3 is 5.97 Å². The van der Waals surface area contributed by atoms with Gasteiger partial charge in [0.25, 0.3) is 5.91 Å². The van der Waals surface area contributed by atoms with E-state index in [0.717, 1.165) is 16.6 Å². The minimum absolute atomic E-state index is 0.0376. The van der Waals surface area contributed by atoms with Gasteiger partial charge < -0.3 is 9.30 Å². The van der Waals surface area contributed by atoms with Gasteiger partial charge in [-0.1, -0.05) is 30.4 Å². The second-order valence-electron chi connectivity index (χ2n) is 5.33. The van der Waals surface area contributed by atoms with E-state index in [1.807, 2.05) is 23.6 Å². The smallest absolute Gasteiger partial charge is 0.326 e. The van der Waals surface area contributed by atoms with E-state index in [4.69, 9.17) is 4.74 Å². The van der Waals surface area contributed by atoms with Crippen LogP contribution in [-0.2, 0) is 22.5 Å². The Hall–Kier alpha value is -2.25. The van der Waals surface area contributed by atoms with Gasteiger partial charge in [0.15, 0.2) is 4.80 Å². The lowest BCUT2D eigenvalue weighted by atomic mass is 10.2. The number of amides is 1. The molecule has 0 bridgehead atoms. The van der Waals surface area contributed by atoms with Crippen molar-refractivity contribution < 1.29 is 14.3 Å². The number of esters is 1. The normalized spacial score (nSPS) is 11.8. The third-order valence-electron chi connectivity index (χ3n) is 3.68. The highest BCUT2D eigenvalue weighted by Gasteiger charge is 2.13. The molecule has 0 radical (unpaired) electrons. The summed E-state index contributed by atoms with van der Waals surface area (Å²) in [6.07, 6.45) is 0.923. The Bertz CT molecular complexity index is 968. The van der Waals surface area contributed by atoms with E-state index in [0.29, 0.717) is 16.3 Å². The number of thiazole rings is 1. The average molecular weight is 374 g/mol. The average Bonchev–Trinajstić information content (AvgIpc) is 3.23. The van der Waals surface area contributed by atoms with Crippen molar-refractivity contribution in [2.75, 3.05) is 6.61 Å². The molecule has 1 aromatic carbocycles. The molecule has 0 saturated carbocycles. The zero-order chi connectivity index (χ0) is 17.8. The first-order valence-corrected chi connectivity index (χ1v) is 9.72. The molecule has 0 aliphatic carbocycles. The molecule has 3 rings (SSSR count). The Balaban J connectivity index is 2.11. The predicted molar refractivity (Wildman–Crippen MR) is 100 cm³/mol. The van der Waals surface area contributed by atoms with E-state index in [-0.39, 0.29) is 18.4 Å². The van der Waals surface area contributed by atoms with Gasteiger partial charge in [-0.2, -0.15) is 4.99 Å². The van der Waals surface area contributed by atoms with Crippen LogP contribution < -0.4 is 4.80 Å². The minimum Gasteiger partial charge on any atom is -0.465 e. The van der Waals surface area contributed by atoms with Crippen LogP contribution in [0.15, 0.2) is 40.7 Å². The molecular formula is C18H18N2O3S2. The van der Waals surface area contributed by atoms with E-state index in [1.165, 1.54) is 28.2 Å². The van der Waals surface area contributed by atoms with Crippen LogP contribution in [0.3, 0.4) is 0 Å². The zero-order valence-corrected chi connectivity index (χ0v) is 15.7. The number of rotatable bonds is 5. The molecule has 2 aromatic heterocycles. The highest BCUT2D eigenvalue weighted by atomic mass is 32.1. The van der Waals surface area contributed by atoms with Gasteiger partial charge in [0.1, 0.15) is 6.54 Å². The van der Waals surface area contributed by atoms with Crippen LogP contribution in [0, 0.1) is 0 Å². The fraction of sp³-hybridized carbons (Fsp3) is 0.278. The first-order valence-electron chi connectivity index (χ1n) is 8.02. The number of aromatic nitrogens is 1. The van der Waals surface area contributed by atoms with E-state index < -0.39 is 0 Å². The zero-order valence-electron chi connectivity index (χ0n) is 14.0. The number of carbonyl (C=O) groups is 2. The van der Waals surface area contributed by atoms with E-state index >= 15 is 0 Å². The van der Waals surface area contributed by atoms with Gasteiger partial charge in [0.2, 0.25) is 0 Å². The Labute approximate surface area is 153 Å². The third kappa shape index (κ3) is 3.88. The van der Waals surface area contributed by atoms with E-state index in [9.17, 15) is 9.59 Å². The van der Waals surface area contributed by atoms with Crippen molar-refractivity contribution in [2.45, 2.75) is 26.8 Å². The van der Waals surface area contributed by atoms with Crippen molar-refractivity contribution in [3.8, 4) is 0 Å². The molecular weight excluding hydrogens is 356 g/mol. The van der Waals surface area contributed by atoms with Gasteiger partial charge in [-0.05, 0) is 42.5 Å². The van der Waals surface area contributed by atoms with Crippen LogP contribution in [0.2, 0.25) is 0 Å². The molecule has 130 valence electrons. The number of ether oxygens (including phenoxy) is 1. The predicted octanol–water partition coefficient (Wildman–Crippen LogP) is 3.63. The number of aryl methyl sites for hydroxylation is 1. The van der Waals surface area contributed by atoms with Crippen LogP contribution in [0.1, 0.15) is 29.1 Å². The number of hydrogen-bond donors (Lipinski definition) is 0. The minimum atomic E-state index is -0.341. The molecule has 2 heterocycles. The van der Waals surface area contributed by atoms with Gasteiger partial charge in [-0.25, -0.2) is 0 Å². The Morgan fingerprint density at radius 3 is 2.76 bits per heavy atom. The number of nitrogens with zero attached hydrogens (tertiary/aromatic N) is 2. The van der Waals surface area contributed by atoms with Crippen molar-refractivity contribution in [2.24, 2.45) is 4.99 Å². The molecule has 0 atom stereocenters. The summed E-state index contributed by atoms with van der Waals surface area (Å²) >= 11 is 2.76. The number of fused-ring (bicyclic) bond motifs is 1. The lowest BCUT2D eigenvalue weighted by molar-refractivity contribution is -0.143. The summed E-state index contributed by atoms with van der Waals surface area (Å²) in [7, 11) is 0. The first kappa shape index (κ1) is 17.6. The molecule has 0 fully saturated rings. The molecule has 25 heavy (non-hydrogen) atoms. The maximum Gasteiger partial charge on any atom is 0.326 e. The van der Waals surface area contributed by atoms with E-state index in [1.54, 1.807) is 17.6 Å². The molecule has 0 unspecified atom stereocenters. The summed E-state index contributed by atoms with van der Waals surface area (Å²) in [5.41, 5.74) is 2.08. The quantitative estimate of drug-likeness (QED) is 0.641. The summed E-state index contributed by atoms with van der Waals surface area (Å²) < 4.78 is 7.82. The molecule has 0 aliphatic rings. The van der Waals surface area contributed by atoms with Gasteiger partial charge in [-0.3, -0.25) is 9.59 Å². The van der Waals surface area contributed by atoms with E-state index in [2.05, 4.69) is 18.0 Å². The molecule has 7 heteroatoms. The van der Waals surface area contributed by atoms with Crippen molar-refractivity contribution in [1.29, 1.82) is 0 Å². The fourth-order valence-corrected chi connectivity index (χ4v) is 4.15. The van der Waals surface area contributed by atoms with Crippen molar-refractivity contribution >= 4 is 44.8 Å². The van der Waals surface area contributed by atoms with Crippen LogP contribution >= 0.6 is 22.7 Å². The SMILES string of the molecule is CCOC(=O)Cn1c(=NC(=O)c2cccs2)sc2cc(CC)ccc21. The molecule has 5 nitrogen and oxygen atoms in total. The standard InChI is InChI=1S/C18H18N2O3S2/c1-3-12-7-8-13-15(10-12)25-18(20(13)11-16(21)23-4-2)19-17(22)14-6-5-9-24-14/h5-10H,3-4,11H2,1-2H3. The van der Waals surface area contributed by atoms with Crippen molar-refractivity contribution in [1.82, 2.24) is 4.57 Å². The molecule has 0 saturated heterocycles. The third-order valence-corrected chi connectivity index (χ3v) is 5.58. The number of carbonyl (C=O) groups excluding carboxylic acids is 2. The fourth-order valence-electron chi connectivity index (χ4n) is 2.45. The molecule has 0 aliphatic heterocycles. The van der Waals surface area contributed by atoms with Gasteiger partial charge in [0, 0.05) is 0 Å². The summed E-state index contributed by atoms with van der Waals surface area (Å²) in [6.45, 7) is 4.22. The van der Waals surface area contributed by atoms with Crippen molar-refractivity contribution in [3.05, 3.63) is 51.0 Å². The lowest BCUT2D eigenvalue weighted by Crippen LogP contribution is -2.23. The topological polar surface area (TPSA) is 60.7 Å². The largest absolute Gasteiger partial charge is 0.465 e. The monoisotopic (exact) mass is 374 g/mol. The number of benzene rings is 1. The maximum absolute atomic E-state index is 12.4. The first-order chi connectivity index (χ1) is 12.1. The molecule has 3 aromatic rings. The van der Waals surface area contributed by atoms with Crippen LogP contribution in [0.4, 0.5) is 0 Å². The highest BCUT2D eigenvalue weighted by molar-refractivity contribution is 7.16. The number of hydrogen-bond acceptors (Lipinski definition) is 5. The van der Waals surface area contributed by atoms with Crippen molar-refractivity contribution in [3.63, 3.8) is 0 Å². The summed E-state index contributed by atoms with van der Waals surface area (Å²) in [5, 5.41) is 1.84. The summed E-state index contributed by atoms with van der Waals surface area (Å²) in [5.74, 6) is -0.637. The Morgan fingerprint density at radius 1 is 1.24 bits per heavy atom. The van der Waals surface area contributed by atoms with Gasteiger partial charge in [0.05, 0.1) is 21.7 Å². The van der Waals surface area contributed by atoms with Crippen LogP contribution in [0.5, 0.6) is 0 Å². The summed E-state index contributed by atoms with van der Waals surface area (Å²) in [6, 6.07) is 9.64.